The van der Waals surface area contributed by atoms with E-state index >= 15 is 0 Å². The molecule has 0 aromatic rings. The molecular formula is C13H26N2O. The van der Waals surface area contributed by atoms with Gasteiger partial charge in [0.1, 0.15) is 0 Å². The van der Waals surface area contributed by atoms with E-state index in [9.17, 15) is 4.79 Å². The van der Waals surface area contributed by atoms with E-state index in [-0.39, 0.29) is 12.0 Å². The van der Waals surface area contributed by atoms with Gasteiger partial charge < -0.3 is 10.6 Å². The highest BCUT2D eigenvalue weighted by molar-refractivity contribution is 5.79. The van der Waals surface area contributed by atoms with Crippen molar-refractivity contribution in [2.24, 2.45) is 17.6 Å². The summed E-state index contributed by atoms with van der Waals surface area (Å²) in [5.74, 6) is 0.828. The quantitative estimate of drug-likeness (QED) is 0.797. The number of rotatable bonds is 4. The minimum Gasteiger partial charge on any atom is -0.343 e. The van der Waals surface area contributed by atoms with Gasteiger partial charge in [0, 0.05) is 25.0 Å². The summed E-state index contributed by atoms with van der Waals surface area (Å²) >= 11 is 0. The number of nitrogens with zero attached hydrogens (tertiary/aromatic N) is 1. The minimum atomic E-state index is 0.162. The number of amides is 1. The Bertz CT molecular complexity index is 230. The topological polar surface area (TPSA) is 46.3 Å². The smallest absolute Gasteiger partial charge is 0.225 e. The average molecular weight is 226 g/mol. The molecule has 0 aliphatic heterocycles. The van der Waals surface area contributed by atoms with Crippen LogP contribution in [0.5, 0.6) is 0 Å². The Balaban J connectivity index is 2.63. The first-order valence-corrected chi connectivity index (χ1v) is 6.66. The van der Waals surface area contributed by atoms with Gasteiger partial charge in [0.05, 0.1) is 0 Å². The standard InChI is InChI=1S/C13H26N2O/c1-4-9-15(5-2)13(16)11-7-6-8-12(14)10(11)3/h10-12H,4-9,14H2,1-3H3. The molecule has 16 heavy (non-hydrogen) atoms. The molecule has 0 aromatic carbocycles. The third kappa shape index (κ3) is 2.97. The molecule has 3 atom stereocenters. The van der Waals surface area contributed by atoms with Crippen LogP contribution in [-0.4, -0.2) is 29.9 Å². The summed E-state index contributed by atoms with van der Waals surface area (Å²) in [7, 11) is 0. The van der Waals surface area contributed by atoms with Crippen LogP contribution in [0.15, 0.2) is 0 Å². The number of carbonyl (C=O) groups is 1. The second-order valence-electron chi connectivity index (χ2n) is 4.98. The summed E-state index contributed by atoms with van der Waals surface area (Å²) in [6.07, 6.45) is 4.23. The zero-order valence-electron chi connectivity index (χ0n) is 10.9. The van der Waals surface area contributed by atoms with Crippen molar-refractivity contribution >= 4 is 5.91 Å². The molecule has 2 N–H and O–H groups in total. The number of nitrogens with two attached hydrogens (primary N) is 1. The van der Waals surface area contributed by atoms with Gasteiger partial charge >= 0.3 is 0 Å². The number of hydrogen-bond acceptors (Lipinski definition) is 2. The molecule has 0 radical (unpaired) electrons. The van der Waals surface area contributed by atoms with Gasteiger partial charge in [-0.25, -0.2) is 0 Å². The van der Waals surface area contributed by atoms with Crippen molar-refractivity contribution in [1.82, 2.24) is 4.90 Å². The molecule has 1 rings (SSSR count). The van der Waals surface area contributed by atoms with E-state index in [4.69, 9.17) is 5.73 Å². The van der Waals surface area contributed by atoms with Crippen molar-refractivity contribution in [1.29, 1.82) is 0 Å². The van der Waals surface area contributed by atoms with Crippen LogP contribution in [0.2, 0.25) is 0 Å². The first-order chi connectivity index (χ1) is 7.61. The van der Waals surface area contributed by atoms with Crippen molar-refractivity contribution in [3.8, 4) is 0 Å². The lowest BCUT2D eigenvalue weighted by atomic mass is 9.76. The summed E-state index contributed by atoms with van der Waals surface area (Å²) in [4.78, 5) is 14.3. The highest BCUT2D eigenvalue weighted by atomic mass is 16.2. The molecule has 0 spiro atoms. The Labute approximate surface area is 99.4 Å². The molecule has 0 heterocycles. The fourth-order valence-electron chi connectivity index (χ4n) is 2.67. The summed E-state index contributed by atoms with van der Waals surface area (Å²) in [5, 5.41) is 0. The maximum atomic E-state index is 12.3. The van der Waals surface area contributed by atoms with E-state index < -0.39 is 0 Å². The Hall–Kier alpha value is -0.570. The van der Waals surface area contributed by atoms with Gasteiger partial charge in [0.2, 0.25) is 5.91 Å². The lowest BCUT2D eigenvalue weighted by Gasteiger charge is -2.36. The number of carbonyl (C=O) groups excluding carboxylic acids is 1. The van der Waals surface area contributed by atoms with Gasteiger partial charge in [0.15, 0.2) is 0 Å². The summed E-state index contributed by atoms with van der Waals surface area (Å²) in [6, 6.07) is 0.211. The van der Waals surface area contributed by atoms with Crippen LogP contribution < -0.4 is 5.73 Å². The monoisotopic (exact) mass is 226 g/mol. The van der Waals surface area contributed by atoms with E-state index in [1.54, 1.807) is 0 Å². The second-order valence-corrected chi connectivity index (χ2v) is 4.98. The summed E-state index contributed by atoms with van der Waals surface area (Å²) < 4.78 is 0. The molecule has 0 saturated heterocycles. The maximum Gasteiger partial charge on any atom is 0.225 e. The first kappa shape index (κ1) is 13.5. The third-order valence-electron chi connectivity index (χ3n) is 3.87. The largest absolute Gasteiger partial charge is 0.343 e. The van der Waals surface area contributed by atoms with E-state index in [2.05, 4.69) is 20.8 Å². The SMILES string of the molecule is CCCN(CC)C(=O)C1CCCC(N)C1C. The lowest BCUT2D eigenvalue weighted by molar-refractivity contribution is -0.138. The van der Waals surface area contributed by atoms with E-state index in [0.29, 0.717) is 11.8 Å². The third-order valence-corrected chi connectivity index (χ3v) is 3.87. The van der Waals surface area contributed by atoms with E-state index in [0.717, 1.165) is 38.8 Å². The van der Waals surface area contributed by atoms with Crippen LogP contribution in [0, 0.1) is 11.8 Å². The second kappa shape index (κ2) is 6.24. The fraction of sp³-hybridized carbons (Fsp3) is 0.923. The van der Waals surface area contributed by atoms with Crippen molar-refractivity contribution in [3.05, 3.63) is 0 Å². The maximum absolute atomic E-state index is 12.3. The van der Waals surface area contributed by atoms with E-state index in [1.807, 2.05) is 4.90 Å². The lowest BCUT2D eigenvalue weighted by Crippen LogP contribution is -2.46. The van der Waals surface area contributed by atoms with Gasteiger partial charge in [-0.05, 0) is 32.1 Å². The molecule has 0 bridgehead atoms. The molecule has 1 saturated carbocycles. The molecular weight excluding hydrogens is 200 g/mol. The van der Waals surface area contributed by atoms with Gasteiger partial charge in [-0.2, -0.15) is 0 Å². The van der Waals surface area contributed by atoms with E-state index in [1.165, 1.54) is 0 Å². The first-order valence-electron chi connectivity index (χ1n) is 6.66. The Morgan fingerprint density at radius 2 is 2.06 bits per heavy atom. The van der Waals surface area contributed by atoms with Gasteiger partial charge in [0.25, 0.3) is 0 Å². The van der Waals surface area contributed by atoms with Crippen LogP contribution in [-0.2, 0) is 4.79 Å². The molecule has 1 aliphatic carbocycles. The van der Waals surface area contributed by atoms with Crippen LogP contribution >= 0.6 is 0 Å². The zero-order valence-corrected chi connectivity index (χ0v) is 10.9. The van der Waals surface area contributed by atoms with Gasteiger partial charge in [-0.1, -0.05) is 20.3 Å². The molecule has 1 aliphatic rings. The van der Waals surface area contributed by atoms with Gasteiger partial charge in [-0.3, -0.25) is 4.79 Å². The Morgan fingerprint density at radius 1 is 1.38 bits per heavy atom. The van der Waals surface area contributed by atoms with Crippen molar-refractivity contribution in [2.75, 3.05) is 13.1 Å². The Morgan fingerprint density at radius 3 is 2.62 bits per heavy atom. The summed E-state index contributed by atoms with van der Waals surface area (Å²) in [6.45, 7) is 8.01. The van der Waals surface area contributed by atoms with Crippen molar-refractivity contribution in [3.63, 3.8) is 0 Å². The normalized spacial score (nSPS) is 30.1. The predicted octanol–water partition coefficient (Wildman–Crippen LogP) is 2.01. The van der Waals surface area contributed by atoms with Crippen LogP contribution in [0.3, 0.4) is 0 Å². The molecule has 3 heteroatoms. The molecule has 94 valence electrons. The van der Waals surface area contributed by atoms with Crippen LogP contribution in [0.4, 0.5) is 0 Å². The van der Waals surface area contributed by atoms with Crippen LogP contribution in [0.1, 0.15) is 46.5 Å². The highest BCUT2D eigenvalue weighted by Gasteiger charge is 2.34. The predicted molar refractivity (Wildman–Crippen MR) is 67.0 cm³/mol. The summed E-state index contributed by atoms with van der Waals surface area (Å²) in [5.41, 5.74) is 6.05. The van der Waals surface area contributed by atoms with Gasteiger partial charge in [-0.15, -0.1) is 0 Å². The fourth-order valence-corrected chi connectivity index (χ4v) is 2.67. The van der Waals surface area contributed by atoms with Crippen LogP contribution in [0.25, 0.3) is 0 Å². The molecule has 3 nitrogen and oxygen atoms in total. The minimum absolute atomic E-state index is 0.162. The molecule has 1 amide bonds. The highest BCUT2D eigenvalue weighted by Crippen LogP contribution is 2.30. The number of hydrogen-bond donors (Lipinski definition) is 1. The average Bonchev–Trinajstić information content (AvgIpc) is 2.29. The molecule has 3 unspecified atom stereocenters. The molecule has 0 aromatic heterocycles. The zero-order chi connectivity index (χ0) is 12.1. The van der Waals surface area contributed by atoms with Crippen molar-refractivity contribution in [2.45, 2.75) is 52.5 Å². The molecule has 1 fully saturated rings. The Kier molecular flexibility index (Phi) is 5.26. The van der Waals surface area contributed by atoms with Crippen molar-refractivity contribution < 1.29 is 4.79 Å².